The Bertz CT molecular complexity index is 763. The molecule has 0 bridgehead atoms. The molecule has 2 amide bonds. The molecule has 2 N–H and O–H groups in total. The van der Waals surface area contributed by atoms with Crippen LogP contribution in [0.3, 0.4) is 0 Å². The number of carbonyl (C=O) groups excluding carboxylic acids is 2. The fraction of sp³-hybridized carbons (Fsp3) is 0.333. The number of benzene rings is 1. The first-order valence-corrected chi connectivity index (χ1v) is 8.81. The molecule has 0 aliphatic rings. The van der Waals surface area contributed by atoms with Crippen molar-refractivity contribution in [2.45, 2.75) is 34.2 Å². The van der Waals surface area contributed by atoms with E-state index in [0.29, 0.717) is 21.4 Å². The molecule has 2 rings (SSSR count). The molecule has 0 fully saturated rings. The Hall–Kier alpha value is -1.85. The van der Waals surface area contributed by atoms with Gasteiger partial charge >= 0.3 is 0 Å². The Morgan fingerprint density at radius 3 is 2.50 bits per heavy atom. The lowest BCUT2D eigenvalue weighted by Gasteiger charge is -2.16. The van der Waals surface area contributed by atoms with Gasteiger partial charge in [-0.3, -0.25) is 9.59 Å². The van der Waals surface area contributed by atoms with Crippen LogP contribution in [-0.4, -0.2) is 11.8 Å². The summed E-state index contributed by atoms with van der Waals surface area (Å²) in [6.45, 7) is 7.76. The van der Waals surface area contributed by atoms with Gasteiger partial charge < -0.3 is 10.6 Å². The Morgan fingerprint density at radius 2 is 1.88 bits per heavy atom. The van der Waals surface area contributed by atoms with E-state index >= 15 is 0 Å². The van der Waals surface area contributed by atoms with Crippen LogP contribution >= 0.6 is 22.9 Å². The number of aryl methyl sites for hydroxylation is 1. The molecule has 0 aliphatic heterocycles. The van der Waals surface area contributed by atoms with Crippen LogP contribution in [0.4, 0.5) is 5.00 Å². The highest BCUT2D eigenvalue weighted by atomic mass is 35.5. The summed E-state index contributed by atoms with van der Waals surface area (Å²) >= 11 is 7.37. The van der Waals surface area contributed by atoms with Gasteiger partial charge in [-0.2, -0.15) is 0 Å². The number of halogens is 1. The van der Waals surface area contributed by atoms with E-state index in [2.05, 4.69) is 10.6 Å². The fourth-order valence-electron chi connectivity index (χ4n) is 1.97. The van der Waals surface area contributed by atoms with Crippen molar-refractivity contribution in [3.63, 3.8) is 0 Å². The average molecular weight is 365 g/mol. The summed E-state index contributed by atoms with van der Waals surface area (Å²) in [6, 6.07) is 9.21. The molecule has 0 aliphatic carbocycles. The number of anilines is 1. The Labute approximate surface area is 151 Å². The predicted molar refractivity (Wildman–Crippen MR) is 99.8 cm³/mol. The van der Waals surface area contributed by atoms with Crippen LogP contribution < -0.4 is 10.6 Å². The molecule has 0 unspecified atom stereocenters. The molecule has 0 saturated carbocycles. The number of carbonyl (C=O) groups is 2. The molecule has 1 aromatic heterocycles. The van der Waals surface area contributed by atoms with Gasteiger partial charge in [0.2, 0.25) is 5.91 Å². The molecule has 1 heterocycles. The number of amides is 2. The van der Waals surface area contributed by atoms with Gasteiger partial charge in [0.1, 0.15) is 0 Å². The highest BCUT2D eigenvalue weighted by molar-refractivity contribution is 7.18. The molecule has 0 atom stereocenters. The first kappa shape index (κ1) is 18.5. The van der Waals surface area contributed by atoms with Crippen molar-refractivity contribution in [2.24, 2.45) is 5.41 Å². The highest BCUT2D eigenvalue weighted by Gasteiger charge is 2.23. The number of rotatable bonds is 4. The number of thiophene rings is 1. The molecule has 24 heavy (non-hydrogen) atoms. The van der Waals surface area contributed by atoms with Crippen molar-refractivity contribution < 1.29 is 9.59 Å². The van der Waals surface area contributed by atoms with Crippen molar-refractivity contribution in [2.75, 3.05) is 5.32 Å². The molecule has 0 radical (unpaired) electrons. The summed E-state index contributed by atoms with van der Waals surface area (Å²) in [6.07, 6.45) is 0. The molecular weight excluding hydrogens is 344 g/mol. The van der Waals surface area contributed by atoms with Gasteiger partial charge in [-0.05, 0) is 30.2 Å². The van der Waals surface area contributed by atoms with E-state index in [0.717, 1.165) is 11.1 Å². The van der Waals surface area contributed by atoms with Crippen LogP contribution in [0.15, 0.2) is 30.3 Å². The van der Waals surface area contributed by atoms with Gasteiger partial charge in [0.15, 0.2) is 0 Å². The molecule has 128 valence electrons. The normalized spacial score (nSPS) is 11.2. The van der Waals surface area contributed by atoms with E-state index in [1.807, 2.05) is 52.0 Å². The summed E-state index contributed by atoms with van der Waals surface area (Å²) < 4.78 is 0. The molecule has 6 heteroatoms. The first-order valence-electron chi connectivity index (χ1n) is 7.62. The van der Waals surface area contributed by atoms with Gasteiger partial charge in [-0.1, -0.05) is 50.6 Å². The van der Waals surface area contributed by atoms with Crippen LogP contribution in [0.5, 0.6) is 0 Å². The summed E-state index contributed by atoms with van der Waals surface area (Å²) in [4.78, 5) is 25.0. The zero-order valence-corrected chi connectivity index (χ0v) is 15.8. The van der Waals surface area contributed by atoms with Gasteiger partial charge in [0.05, 0.1) is 9.88 Å². The number of nitrogens with one attached hydrogen (secondary N) is 2. The highest BCUT2D eigenvalue weighted by Crippen LogP contribution is 2.28. The number of hydrogen-bond donors (Lipinski definition) is 2. The van der Waals surface area contributed by atoms with E-state index in [-0.39, 0.29) is 11.8 Å². The fourth-order valence-corrected chi connectivity index (χ4v) is 3.15. The zero-order chi connectivity index (χ0) is 17.9. The van der Waals surface area contributed by atoms with Gasteiger partial charge in [0.25, 0.3) is 5.91 Å². The van der Waals surface area contributed by atoms with Crippen LogP contribution in [0.1, 0.15) is 41.6 Å². The number of hydrogen-bond acceptors (Lipinski definition) is 3. The quantitative estimate of drug-likeness (QED) is 0.831. The van der Waals surface area contributed by atoms with Crippen LogP contribution in [0.25, 0.3) is 0 Å². The predicted octanol–water partition coefficient (Wildman–Crippen LogP) is 4.62. The first-order chi connectivity index (χ1) is 11.2. The maximum Gasteiger partial charge on any atom is 0.261 e. The maximum atomic E-state index is 12.4. The minimum atomic E-state index is -0.482. The molecule has 1 aromatic carbocycles. The molecule has 0 saturated heterocycles. The lowest BCUT2D eigenvalue weighted by molar-refractivity contribution is -0.123. The van der Waals surface area contributed by atoms with Crippen molar-refractivity contribution in [1.29, 1.82) is 0 Å². The largest absolute Gasteiger partial charge is 0.347 e. The molecule has 0 spiro atoms. The van der Waals surface area contributed by atoms with Crippen molar-refractivity contribution in [3.8, 4) is 0 Å². The van der Waals surface area contributed by atoms with Crippen molar-refractivity contribution >= 4 is 39.8 Å². The molecule has 4 nitrogen and oxygen atoms in total. The summed E-state index contributed by atoms with van der Waals surface area (Å²) in [5.41, 5.74) is 1.22. The van der Waals surface area contributed by atoms with E-state index < -0.39 is 5.41 Å². The lowest BCUT2D eigenvalue weighted by Crippen LogP contribution is -2.27. The van der Waals surface area contributed by atoms with Gasteiger partial charge in [-0.25, -0.2) is 0 Å². The summed E-state index contributed by atoms with van der Waals surface area (Å²) in [5, 5.41) is 7.03. The zero-order valence-electron chi connectivity index (χ0n) is 14.2. The summed E-state index contributed by atoms with van der Waals surface area (Å²) in [5.74, 6) is -0.250. The third kappa shape index (κ3) is 4.58. The second-order valence-corrected chi connectivity index (χ2v) is 8.06. The minimum absolute atomic E-state index is 0.0771. The topological polar surface area (TPSA) is 58.2 Å². The Morgan fingerprint density at radius 1 is 1.21 bits per heavy atom. The molecule has 2 aromatic rings. The third-order valence-electron chi connectivity index (χ3n) is 3.44. The Kier molecular flexibility index (Phi) is 5.67. The van der Waals surface area contributed by atoms with Crippen LogP contribution in [0.2, 0.25) is 5.02 Å². The monoisotopic (exact) mass is 364 g/mol. The van der Waals surface area contributed by atoms with E-state index in [9.17, 15) is 9.59 Å². The third-order valence-corrected chi connectivity index (χ3v) is 4.96. The van der Waals surface area contributed by atoms with E-state index in [1.54, 1.807) is 6.07 Å². The van der Waals surface area contributed by atoms with Gasteiger partial charge in [0, 0.05) is 17.0 Å². The maximum absolute atomic E-state index is 12.4. The van der Waals surface area contributed by atoms with Crippen molar-refractivity contribution in [3.05, 3.63) is 51.4 Å². The average Bonchev–Trinajstić information content (AvgIpc) is 2.86. The van der Waals surface area contributed by atoms with E-state index in [1.165, 1.54) is 11.3 Å². The second-order valence-electron chi connectivity index (χ2n) is 6.60. The lowest BCUT2D eigenvalue weighted by atomic mass is 9.96. The SMILES string of the molecule is Cc1cc(NC(=O)C(C)(C)C)sc1C(=O)NCc1ccccc1Cl. The minimum Gasteiger partial charge on any atom is -0.347 e. The van der Waals surface area contributed by atoms with E-state index in [4.69, 9.17) is 11.6 Å². The van der Waals surface area contributed by atoms with Crippen molar-refractivity contribution in [1.82, 2.24) is 5.32 Å². The molecular formula is C18H21ClN2O2S. The van der Waals surface area contributed by atoms with Gasteiger partial charge in [-0.15, -0.1) is 11.3 Å². The summed E-state index contributed by atoms with van der Waals surface area (Å²) in [7, 11) is 0. The Balaban J connectivity index is 2.05. The second kappa shape index (κ2) is 7.36. The standard InChI is InChI=1S/C18H21ClN2O2S/c1-11-9-14(21-17(23)18(2,3)4)24-15(11)16(22)20-10-12-7-5-6-8-13(12)19/h5-9H,10H2,1-4H3,(H,20,22)(H,21,23). The van der Waals surface area contributed by atoms with Crippen LogP contribution in [-0.2, 0) is 11.3 Å². The van der Waals surface area contributed by atoms with Crippen LogP contribution in [0, 0.1) is 12.3 Å². The smallest absolute Gasteiger partial charge is 0.261 e.